The number of rotatable bonds is 4. The second-order valence-electron chi connectivity index (χ2n) is 5.68. The van der Waals surface area contributed by atoms with Crippen molar-refractivity contribution in [3.63, 3.8) is 0 Å². The normalized spacial score (nSPS) is 22.7. The molecule has 0 unspecified atom stereocenters. The van der Waals surface area contributed by atoms with Crippen LogP contribution in [0.3, 0.4) is 0 Å². The van der Waals surface area contributed by atoms with Crippen molar-refractivity contribution in [1.82, 2.24) is 9.88 Å². The number of hydrogen-bond acceptors (Lipinski definition) is 4. The minimum absolute atomic E-state index is 0.121. The molecular weight excluding hydrogens is 266 g/mol. The quantitative estimate of drug-likeness (QED) is 0.860. The largest absolute Gasteiger partial charge is 0.391 e. The number of nitrogens with zero attached hydrogens (tertiary/aromatic N) is 2. The number of nitrogens with two attached hydrogens (primary N) is 1. The third-order valence-corrected chi connectivity index (χ3v) is 4.08. The Kier molecular flexibility index (Phi) is 3.86. The second-order valence-corrected chi connectivity index (χ2v) is 5.68. The van der Waals surface area contributed by atoms with Crippen LogP contribution in [0, 0.1) is 5.92 Å². The van der Waals surface area contributed by atoms with E-state index in [0.717, 1.165) is 17.3 Å². The van der Waals surface area contributed by atoms with Gasteiger partial charge >= 0.3 is 0 Å². The van der Waals surface area contributed by atoms with Crippen LogP contribution in [0.5, 0.6) is 0 Å². The predicted molar refractivity (Wildman–Crippen MR) is 80.6 cm³/mol. The molecule has 2 aromatic rings. The molecule has 5 heteroatoms. The van der Waals surface area contributed by atoms with Crippen molar-refractivity contribution >= 4 is 16.8 Å². The van der Waals surface area contributed by atoms with Crippen LogP contribution < -0.4 is 5.73 Å². The first-order chi connectivity index (χ1) is 10.1. The molecule has 2 atom stereocenters. The number of para-hydroxylation sites is 1. The zero-order valence-electron chi connectivity index (χ0n) is 11.8. The number of likely N-dealkylation sites (tertiary alicyclic amines) is 1. The average Bonchev–Trinajstić information content (AvgIpc) is 2.78. The zero-order valence-corrected chi connectivity index (χ0v) is 11.8. The highest BCUT2D eigenvalue weighted by molar-refractivity contribution is 5.81. The second kappa shape index (κ2) is 5.79. The Balaban J connectivity index is 1.78. The van der Waals surface area contributed by atoms with Crippen molar-refractivity contribution in [2.75, 3.05) is 19.6 Å². The number of aliphatic hydroxyl groups is 1. The molecule has 21 heavy (non-hydrogen) atoms. The van der Waals surface area contributed by atoms with Crippen molar-refractivity contribution in [3.8, 4) is 0 Å². The summed E-state index contributed by atoms with van der Waals surface area (Å²) in [7, 11) is 0. The third kappa shape index (κ3) is 3.04. The van der Waals surface area contributed by atoms with Gasteiger partial charge in [-0.3, -0.25) is 14.7 Å². The number of fused-ring (bicyclic) bond motifs is 1. The summed E-state index contributed by atoms with van der Waals surface area (Å²) < 4.78 is 0. The molecule has 0 saturated carbocycles. The fraction of sp³-hybridized carbons (Fsp3) is 0.375. The Hall–Kier alpha value is -1.98. The maximum absolute atomic E-state index is 11.0. The van der Waals surface area contributed by atoms with Crippen molar-refractivity contribution in [3.05, 3.63) is 42.1 Å². The molecule has 0 bridgehead atoms. The third-order valence-electron chi connectivity index (χ3n) is 4.08. The highest BCUT2D eigenvalue weighted by Gasteiger charge is 2.32. The van der Waals surface area contributed by atoms with Gasteiger partial charge in [0, 0.05) is 30.6 Å². The first-order valence-electron chi connectivity index (χ1n) is 7.15. The lowest BCUT2D eigenvalue weighted by Crippen LogP contribution is -2.32. The number of amides is 1. The van der Waals surface area contributed by atoms with Crippen molar-refractivity contribution in [1.29, 1.82) is 0 Å². The van der Waals surface area contributed by atoms with Gasteiger partial charge in [0.15, 0.2) is 0 Å². The van der Waals surface area contributed by atoms with Gasteiger partial charge in [0.2, 0.25) is 5.91 Å². The van der Waals surface area contributed by atoms with E-state index < -0.39 is 6.10 Å². The van der Waals surface area contributed by atoms with E-state index in [2.05, 4.69) is 11.1 Å². The van der Waals surface area contributed by atoms with Gasteiger partial charge in [0.1, 0.15) is 0 Å². The van der Waals surface area contributed by atoms with Gasteiger partial charge in [-0.15, -0.1) is 0 Å². The van der Waals surface area contributed by atoms with Crippen LogP contribution in [0.2, 0.25) is 0 Å². The minimum Gasteiger partial charge on any atom is -0.391 e. The summed E-state index contributed by atoms with van der Waals surface area (Å²) in [6, 6.07) is 10.0. The molecule has 0 aliphatic carbocycles. The molecule has 1 saturated heterocycles. The molecule has 1 aromatic carbocycles. The highest BCUT2D eigenvalue weighted by atomic mass is 16.3. The van der Waals surface area contributed by atoms with Gasteiger partial charge in [-0.2, -0.15) is 0 Å². The molecule has 5 nitrogen and oxygen atoms in total. The van der Waals surface area contributed by atoms with Crippen molar-refractivity contribution in [2.24, 2.45) is 11.7 Å². The molecule has 1 aliphatic heterocycles. The van der Waals surface area contributed by atoms with Crippen LogP contribution in [-0.4, -0.2) is 46.6 Å². The van der Waals surface area contributed by atoms with E-state index in [4.69, 9.17) is 5.73 Å². The van der Waals surface area contributed by atoms with E-state index in [0.29, 0.717) is 13.1 Å². The fourth-order valence-electron chi connectivity index (χ4n) is 3.11. The van der Waals surface area contributed by atoms with Gasteiger partial charge in [-0.25, -0.2) is 0 Å². The van der Waals surface area contributed by atoms with Gasteiger partial charge < -0.3 is 10.8 Å². The molecule has 3 N–H and O–H groups in total. The summed E-state index contributed by atoms with van der Waals surface area (Å²) in [6.45, 7) is 1.42. The van der Waals surface area contributed by atoms with Gasteiger partial charge in [0.05, 0.1) is 18.2 Å². The Bertz CT molecular complexity index is 654. The molecule has 1 fully saturated rings. The topological polar surface area (TPSA) is 79.5 Å². The standard InChI is InChI=1S/C16H19N3O2/c17-16(21)10-19-8-12(15(20)9-19)7-11-5-6-18-14-4-2-1-3-13(11)14/h1-6,12,15,20H,7-10H2,(H2,17,21)/t12-,15-/m1/s1. The van der Waals surface area contributed by atoms with Gasteiger partial charge in [-0.1, -0.05) is 18.2 Å². The van der Waals surface area contributed by atoms with E-state index in [-0.39, 0.29) is 18.4 Å². The van der Waals surface area contributed by atoms with Gasteiger partial charge in [-0.05, 0) is 24.1 Å². The summed E-state index contributed by atoms with van der Waals surface area (Å²) in [6.07, 6.45) is 2.16. The molecule has 1 aromatic heterocycles. The maximum atomic E-state index is 11.0. The number of β-amino-alcohol motifs (C(OH)–C–C–N with tert-alkyl or cyclic N) is 1. The van der Waals surface area contributed by atoms with Crippen LogP contribution in [0.25, 0.3) is 10.9 Å². The number of hydrogen-bond donors (Lipinski definition) is 2. The van der Waals surface area contributed by atoms with Crippen LogP contribution in [0.15, 0.2) is 36.5 Å². The van der Waals surface area contributed by atoms with E-state index in [1.165, 1.54) is 5.56 Å². The number of benzene rings is 1. The Morgan fingerprint density at radius 2 is 2.14 bits per heavy atom. The lowest BCUT2D eigenvalue weighted by molar-refractivity contribution is -0.119. The molecule has 3 rings (SSSR count). The van der Waals surface area contributed by atoms with E-state index in [9.17, 15) is 9.90 Å². The van der Waals surface area contributed by atoms with Crippen LogP contribution in [-0.2, 0) is 11.2 Å². The smallest absolute Gasteiger partial charge is 0.231 e. The molecule has 1 amide bonds. The number of aliphatic hydroxyl groups excluding tert-OH is 1. The highest BCUT2D eigenvalue weighted by Crippen LogP contribution is 2.25. The molecular formula is C16H19N3O2. The van der Waals surface area contributed by atoms with Crippen molar-refractivity contribution < 1.29 is 9.90 Å². The number of carbonyl (C=O) groups excluding carboxylic acids is 1. The minimum atomic E-state index is -0.420. The summed E-state index contributed by atoms with van der Waals surface area (Å²) >= 11 is 0. The van der Waals surface area contributed by atoms with E-state index >= 15 is 0 Å². The first-order valence-corrected chi connectivity index (χ1v) is 7.15. The Morgan fingerprint density at radius 1 is 1.33 bits per heavy atom. The van der Waals surface area contributed by atoms with Crippen LogP contribution in [0.4, 0.5) is 0 Å². The summed E-state index contributed by atoms with van der Waals surface area (Å²) in [5.74, 6) is -0.229. The summed E-state index contributed by atoms with van der Waals surface area (Å²) in [5, 5.41) is 11.3. The SMILES string of the molecule is NC(=O)CN1C[C@@H](Cc2ccnc3ccccc23)[C@H](O)C1. The number of pyridine rings is 1. The molecule has 0 radical (unpaired) electrons. The Labute approximate surface area is 123 Å². The number of carbonyl (C=O) groups is 1. The van der Waals surface area contributed by atoms with E-state index in [1.54, 1.807) is 6.20 Å². The number of primary amides is 1. The van der Waals surface area contributed by atoms with Crippen LogP contribution >= 0.6 is 0 Å². The van der Waals surface area contributed by atoms with E-state index in [1.807, 2.05) is 29.2 Å². The Morgan fingerprint density at radius 3 is 2.95 bits per heavy atom. The maximum Gasteiger partial charge on any atom is 0.231 e. The van der Waals surface area contributed by atoms with Gasteiger partial charge in [0.25, 0.3) is 0 Å². The lowest BCUT2D eigenvalue weighted by atomic mass is 9.94. The van der Waals surface area contributed by atoms with Crippen LogP contribution in [0.1, 0.15) is 5.56 Å². The molecule has 110 valence electrons. The number of aromatic nitrogens is 1. The monoisotopic (exact) mass is 285 g/mol. The molecule has 0 spiro atoms. The summed E-state index contributed by atoms with van der Waals surface area (Å²) in [4.78, 5) is 17.3. The lowest BCUT2D eigenvalue weighted by Gasteiger charge is -2.15. The molecule has 2 heterocycles. The zero-order chi connectivity index (χ0) is 14.8. The first kappa shape index (κ1) is 14.0. The summed E-state index contributed by atoms with van der Waals surface area (Å²) in [5.41, 5.74) is 7.37. The average molecular weight is 285 g/mol. The molecule has 1 aliphatic rings. The fourth-order valence-corrected chi connectivity index (χ4v) is 3.11. The van der Waals surface area contributed by atoms with Crippen molar-refractivity contribution in [2.45, 2.75) is 12.5 Å². The predicted octanol–water partition coefficient (Wildman–Crippen LogP) is 0.555.